The van der Waals surface area contributed by atoms with E-state index >= 15 is 0 Å². The minimum absolute atomic E-state index is 0.129. The third kappa shape index (κ3) is 3.72. The molecular formula is C21H27N7O2. The molecule has 0 radical (unpaired) electrons. The highest BCUT2D eigenvalue weighted by Gasteiger charge is 2.27. The molecule has 1 aliphatic heterocycles. The molecule has 4 heterocycles. The van der Waals surface area contributed by atoms with Crippen LogP contribution in [0.1, 0.15) is 39.2 Å². The standard InChI is InChI=1S/C21H27N7O2/c1-5-16(29)28-7-6-15(11-28)25-18-17-20(24-12-23-18)27(4)19(26-17)13-8-14(10-22-9-13)21(2,3)30/h8-10,12,15,30H,5-7,11H2,1-4H3,(H,23,24,25)/t15-/m0/s1. The van der Waals surface area contributed by atoms with Crippen molar-refractivity contribution < 1.29 is 9.90 Å². The third-order valence-corrected chi connectivity index (χ3v) is 5.54. The van der Waals surface area contributed by atoms with Gasteiger partial charge in [-0.25, -0.2) is 15.0 Å². The molecular weight excluding hydrogens is 382 g/mol. The van der Waals surface area contributed by atoms with E-state index in [4.69, 9.17) is 4.98 Å². The lowest BCUT2D eigenvalue weighted by Gasteiger charge is -2.17. The van der Waals surface area contributed by atoms with Crippen molar-refractivity contribution in [3.63, 3.8) is 0 Å². The normalized spacial score (nSPS) is 17.0. The van der Waals surface area contributed by atoms with Gasteiger partial charge in [0.05, 0.1) is 5.60 Å². The summed E-state index contributed by atoms with van der Waals surface area (Å²) in [6.45, 7) is 6.75. The molecule has 4 rings (SSSR count). The van der Waals surface area contributed by atoms with Crippen LogP contribution in [0.5, 0.6) is 0 Å². The van der Waals surface area contributed by atoms with Gasteiger partial charge in [0.15, 0.2) is 17.0 Å². The van der Waals surface area contributed by atoms with E-state index in [1.165, 1.54) is 6.33 Å². The predicted molar refractivity (Wildman–Crippen MR) is 114 cm³/mol. The highest BCUT2D eigenvalue weighted by atomic mass is 16.3. The Morgan fingerprint density at radius 3 is 2.87 bits per heavy atom. The predicted octanol–water partition coefficient (Wildman–Crippen LogP) is 2.08. The summed E-state index contributed by atoms with van der Waals surface area (Å²) in [5.74, 6) is 1.53. The zero-order valence-corrected chi connectivity index (χ0v) is 17.8. The van der Waals surface area contributed by atoms with Gasteiger partial charge < -0.3 is 19.9 Å². The largest absolute Gasteiger partial charge is 0.386 e. The summed E-state index contributed by atoms with van der Waals surface area (Å²) in [7, 11) is 1.90. The fourth-order valence-corrected chi connectivity index (χ4v) is 3.78. The van der Waals surface area contributed by atoms with E-state index < -0.39 is 5.60 Å². The molecule has 2 N–H and O–H groups in total. The topological polar surface area (TPSA) is 109 Å². The average molecular weight is 409 g/mol. The molecule has 30 heavy (non-hydrogen) atoms. The van der Waals surface area contributed by atoms with E-state index in [2.05, 4.69) is 20.3 Å². The van der Waals surface area contributed by atoms with Gasteiger partial charge in [-0.15, -0.1) is 0 Å². The number of rotatable bonds is 5. The van der Waals surface area contributed by atoms with Crippen molar-refractivity contribution in [1.29, 1.82) is 0 Å². The molecule has 0 aromatic carbocycles. The Morgan fingerprint density at radius 1 is 1.33 bits per heavy atom. The number of nitrogens with zero attached hydrogens (tertiary/aromatic N) is 6. The molecule has 9 heteroatoms. The zero-order valence-electron chi connectivity index (χ0n) is 17.8. The number of nitrogens with one attached hydrogen (secondary N) is 1. The molecule has 0 aliphatic carbocycles. The Kier molecular flexibility index (Phi) is 5.15. The Balaban J connectivity index is 1.66. The van der Waals surface area contributed by atoms with E-state index in [0.717, 1.165) is 18.5 Å². The summed E-state index contributed by atoms with van der Waals surface area (Å²) in [4.78, 5) is 31.7. The summed E-state index contributed by atoms with van der Waals surface area (Å²) >= 11 is 0. The van der Waals surface area contributed by atoms with Gasteiger partial charge in [0, 0.05) is 56.1 Å². The van der Waals surface area contributed by atoms with Crippen LogP contribution in [-0.4, -0.2) is 59.5 Å². The Bertz CT molecular complexity index is 1090. The summed E-state index contributed by atoms with van der Waals surface area (Å²) in [5, 5.41) is 13.8. The van der Waals surface area contributed by atoms with Crippen molar-refractivity contribution in [3.05, 3.63) is 30.4 Å². The van der Waals surface area contributed by atoms with Crippen LogP contribution < -0.4 is 5.32 Å². The molecule has 3 aromatic heterocycles. The number of aryl methyl sites for hydroxylation is 1. The molecule has 158 valence electrons. The Labute approximate surface area is 175 Å². The summed E-state index contributed by atoms with van der Waals surface area (Å²) in [6.07, 6.45) is 6.29. The number of anilines is 1. The van der Waals surface area contributed by atoms with Crippen molar-refractivity contribution in [2.24, 2.45) is 7.05 Å². The summed E-state index contributed by atoms with van der Waals surface area (Å²) in [6, 6.07) is 2.02. The highest BCUT2D eigenvalue weighted by molar-refractivity contribution is 5.86. The van der Waals surface area contributed by atoms with E-state index in [9.17, 15) is 9.90 Å². The lowest BCUT2D eigenvalue weighted by molar-refractivity contribution is -0.129. The van der Waals surface area contributed by atoms with Crippen LogP contribution in [0.3, 0.4) is 0 Å². The van der Waals surface area contributed by atoms with Gasteiger partial charge in [-0.1, -0.05) is 6.92 Å². The maximum absolute atomic E-state index is 12.0. The van der Waals surface area contributed by atoms with E-state index in [-0.39, 0.29) is 11.9 Å². The summed E-state index contributed by atoms with van der Waals surface area (Å²) < 4.78 is 1.90. The van der Waals surface area contributed by atoms with Crippen LogP contribution in [0, 0.1) is 0 Å². The second-order valence-corrected chi connectivity index (χ2v) is 8.23. The second-order valence-electron chi connectivity index (χ2n) is 8.23. The van der Waals surface area contributed by atoms with Crippen molar-refractivity contribution in [2.75, 3.05) is 18.4 Å². The lowest BCUT2D eigenvalue weighted by atomic mass is 9.99. The van der Waals surface area contributed by atoms with E-state index in [1.54, 1.807) is 26.2 Å². The molecule has 1 saturated heterocycles. The average Bonchev–Trinajstić information content (AvgIpc) is 3.32. The first-order chi connectivity index (χ1) is 14.3. The number of fused-ring (bicyclic) bond motifs is 1. The number of aliphatic hydroxyl groups is 1. The molecule has 9 nitrogen and oxygen atoms in total. The van der Waals surface area contributed by atoms with Gasteiger partial charge in [0.2, 0.25) is 5.91 Å². The third-order valence-electron chi connectivity index (χ3n) is 5.54. The number of likely N-dealkylation sites (tertiary alicyclic amines) is 1. The smallest absolute Gasteiger partial charge is 0.222 e. The van der Waals surface area contributed by atoms with Gasteiger partial charge in [0.25, 0.3) is 0 Å². The minimum atomic E-state index is -0.996. The fourth-order valence-electron chi connectivity index (χ4n) is 3.78. The minimum Gasteiger partial charge on any atom is -0.386 e. The van der Waals surface area contributed by atoms with Crippen molar-refractivity contribution in [2.45, 2.75) is 45.3 Å². The van der Waals surface area contributed by atoms with Crippen LogP contribution in [-0.2, 0) is 17.4 Å². The fraction of sp³-hybridized carbons (Fsp3) is 0.476. The number of carbonyl (C=O) groups excluding carboxylic acids is 1. The van der Waals surface area contributed by atoms with E-state index in [1.807, 2.05) is 29.5 Å². The van der Waals surface area contributed by atoms with Gasteiger partial charge >= 0.3 is 0 Å². The first kappa shape index (κ1) is 20.2. The number of hydrogen-bond donors (Lipinski definition) is 2. The first-order valence-corrected chi connectivity index (χ1v) is 10.2. The summed E-state index contributed by atoms with van der Waals surface area (Å²) in [5.41, 5.74) is 1.88. The quantitative estimate of drug-likeness (QED) is 0.664. The molecule has 1 atom stereocenters. The number of hydrogen-bond acceptors (Lipinski definition) is 7. The molecule has 1 aliphatic rings. The van der Waals surface area contributed by atoms with Gasteiger partial charge in [0.1, 0.15) is 12.2 Å². The maximum Gasteiger partial charge on any atom is 0.222 e. The number of amides is 1. The molecule has 0 saturated carbocycles. The van der Waals surface area contributed by atoms with Gasteiger partial charge in [-0.3, -0.25) is 9.78 Å². The maximum atomic E-state index is 12.0. The van der Waals surface area contributed by atoms with Crippen LogP contribution in [0.2, 0.25) is 0 Å². The zero-order chi connectivity index (χ0) is 21.5. The second kappa shape index (κ2) is 7.64. The lowest BCUT2D eigenvalue weighted by Crippen LogP contribution is -2.31. The molecule has 1 fully saturated rings. The van der Waals surface area contributed by atoms with Crippen LogP contribution >= 0.6 is 0 Å². The number of carbonyl (C=O) groups is 1. The molecule has 0 spiro atoms. The van der Waals surface area contributed by atoms with Crippen LogP contribution in [0.15, 0.2) is 24.8 Å². The van der Waals surface area contributed by atoms with Crippen molar-refractivity contribution in [1.82, 2.24) is 29.4 Å². The van der Waals surface area contributed by atoms with Gasteiger partial charge in [-0.05, 0) is 26.3 Å². The Morgan fingerprint density at radius 2 is 2.13 bits per heavy atom. The van der Waals surface area contributed by atoms with Crippen molar-refractivity contribution >= 4 is 22.9 Å². The molecule has 1 amide bonds. The molecule has 0 bridgehead atoms. The monoisotopic (exact) mass is 409 g/mol. The Hall–Kier alpha value is -3.07. The van der Waals surface area contributed by atoms with Crippen LogP contribution in [0.25, 0.3) is 22.6 Å². The number of aromatic nitrogens is 5. The molecule has 3 aromatic rings. The number of imidazole rings is 1. The number of pyridine rings is 1. The molecule has 0 unspecified atom stereocenters. The van der Waals surface area contributed by atoms with Gasteiger partial charge in [-0.2, -0.15) is 0 Å². The highest BCUT2D eigenvalue weighted by Crippen LogP contribution is 2.29. The van der Waals surface area contributed by atoms with Crippen LogP contribution in [0.4, 0.5) is 5.82 Å². The SMILES string of the molecule is CCC(=O)N1CC[C@H](Nc2ncnc3c2nc(-c2cncc(C(C)(C)O)c2)n3C)C1. The van der Waals surface area contributed by atoms with E-state index in [0.29, 0.717) is 41.3 Å². The first-order valence-electron chi connectivity index (χ1n) is 10.2. The van der Waals surface area contributed by atoms with Crippen molar-refractivity contribution in [3.8, 4) is 11.4 Å².